The van der Waals surface area contributed by atoms with Crippen molar-refractivity contribution in [2.45, 2.75) is 13.8 Å². The minimum Gasteiger partial charge on any atom is -0.481 e. The average Bonchev–Trinajstić information content (AvgIpc) is 2.38. The van der Waals surface area contributed by atoms with Crippen LogP contribution in [0.4, 0.5) is 0 Å². The lowest BCUT2D eigenvalue weighted by Crippen LogP contribution is -2.19. The van der Waals surface area contributed by atoms with Crippen LogP contribution in [0, 0.1) is 11.3 Å². The number of carboxylic acid groups (broad SMARTS) is 3. The van der Waals surface area contributed by atoms with Gasteiger partial charge in [0.05, 0.1) is 26.4 Å². The number of carboxylic acids is 3. The molecule has 0 aromatic carbocycles. The molecule has 0 spiro atoms. The van der Waals surface area contributed by atoms with Crippen molar-refractivity contribution in [1.82, 2.24) is 5.64 Å². The van der Waals surface area contributed by atoms with Crippen LogP contribution < -0.4 is 5.64 Å². The van der Waals surface area contributed by atoms with Gasteiger partial charge < -0.3 is 25.5 Å². The summed E-state index contributed by atoms with van der Waals surface area (Å²) in [4.78, 5) is 35.9. The molecule has 0 aliphatic carbocycles. The van der Waals surface area contributed by atoms with Crippen LogP contribution >= 0.6 is 0 Å². The first-order valence-corrected chi connectivity index (χ1v) is 5.37. The van der Waals surface area contributed by atoms with Crippen molar-refractivity contribution in [1.29, 1.82) is 5.26 Å². The zero-order chi connectivity index (χ0) is 18.4. The van der Waals surface area contributed by atoms with E-state index in [9.17, 15) is 0 Å². The van der Waals surface area contributed by atoms with Crippen LogP contribution in [-0.2, 0) is 24.1 Å². The number of aliphatic hydroxyl groups excluding tert-OH is 2. The third-order valence-electron chi connectivity index (χ3n) is 0.600. The van der Waals surface area contributed by atoms with Crippen LogP contribution in [0.2, 0.25) is 0 Å². The molecule has 0 rings (SSSR count). The van der Waals surface area contributed by atoms with Gasteiger partial charge in [-0.3, -0.25) is 19.3 Å². The molecule has 0 saturated heterocycles. The summed E-state index contributed by atoms with van der Waals surface area (Å²) < 4.78 is 0. The summed E-state index contributed by atoms with van der Waals surface area (Å²) in [6, 6.07) is 0.944. The van der Waals surface area contributed by atoms with Crippen LogP contribution in [0.25, 0.3) is 0 Å². The highest BCUT2D eigenvalue weighted by atomic mass is 16.9. The Morgan fingerprint density at radius 1 is 0.955 bits per heavy atom. The third kappa shape index (κ3) is 152. The molecule has 0 aliphatic heterocycles. The lowest BCUT2D eigenvalue weighted by atomic mass is 10.8. The van der Waals surface area contributed by atoms with Gasteiger partial charge in [0.2, 0.25) is 0 Å². The van der Waals surface area contributed by atoms with Gasteiger partial charge >= 0.3 is 5.97 Å². The predicted octanol–water partition coefficient (Wildman–Crippen LogP) is -1.80. The summed E-state index contributed by atoms with van der Waals surface area (Å²) >= 11 is 0. The lowest BCUT2D eigenvalue weighted by molar-refractivity contribution is -0.178. The maximum atomic E-state index is 9.01. The fourth-order valence-electron chi connectivity index (χ4n) is 0.216. The molecule has 130 valence electrons. The fraction of sp³-hybridized carbons (Fsp3) is 0.600. The molecule has 12 nitrogen and oxygen atoms in total. The Balaban J connectivity index is -0.000000107. The Morgan fingerprint density at radius 2 is 1.18 bits per heavy atom. The number of nitriles is 1. The Kier molecular flexibility index (Phi) is 34.4. The molecule has 0 saturated carbocycles. The molecule has 0 aromatic heterocycles. The maximum Gasteiger partial charge on any atom is 0.408 e. The summed E-state index contributed by atoms with van der Waals surface area (Å²) in [7, 11) is 0. The number of hydrogen-bond donors (Lipinski definition) is 6. The van der Waals surface area contributed by atoms with Gasteiger partial charge in [-0.25, -0.2) is 4.79 Å². The molecule has 0 aromatic rings. The molecule has 0 fully saturated rings. The SMILES string of the molecule is CC(=O)O.CC(=O)O.N#CC(=O)O.OCCONOCCO. The van der Waals surface area contributed by atoms with Gasteiger partial charge in [-0.05, 0) is 0 Å². The maximum absolute atomic E-state index is 9.01. The highest BCUT2D eigenvalue weighted by molar-refractivity contribution is 5.83. The number of hydrogen-bond acceptors (Lipinski definition) is 9. The number of aliphatic carboxylic acids is 3. The number of nitrogens with zero attached hydrogens (tertiary/aromatic N) is 1. The summed E-state index contributed by atoms with van der Waals surface area (Å²) in [6.45, 7) is 2.39. The van der Waals surface area contributed by atoms with E-state index in [1.54, 1.807) is 0 Å². The molecule has 6 N–H and O–H groups in total. The van der Waals surface area contributed by atoms with Crippen LogP contribution in [-0.4, -0.2) is 69.9 Å². The van der Waals surface area contributed by atoms with E-state index in [4.69, 9.17) is 45.2 Å². The van der Waals surface area contributed by atoms with Gasteiger partial charge in [0, 0.05) is 13.8 Å². The van der Waals surface area contributed by atoms with Crippen LogP contribution in [0.3, 0.4) is 0 Å². The minimum atomic E-state index is -1.44. The van der Waals surface area contributed by atoms with Crippen molar-refractivity contribution >= 4 is 17.9 Å². The van der Waals surface area contributed by atoms with E-state index < -0.39 is 17.9 Å². The molecular formula is C10H20N2O10. The highest BCUT2D eigenvalue weighted by Crippen LogP contribution is 1.67. The Hall–Kier alpha value is -2.30. The van der Waals surface area contributed by atoms with Gasteiger partial charge in [0.25, 0.3) is 11.9 Å². The van der Waals surface area contributed by atoms with E-state index in [-0.39, 0.29) is 26.4 Å². The Labute approximate surface area is 126 Å². The highest BCUT2D eigenvalue weighted by Gasteiger charge is 1.83. The first-order valence-electron chi connectivity index (χ1n) is 5.37. The first-order chi connectivity index (χ1) is 10.1. The number of carbonyl (C=O) groups is 3. The normalized spacial score (nSPS) is 7.59. The summed E-state index contributed by atoms with van der Waals surface area (Å²) in [5, 5.41) is 45.8. The van der Waals surface area contributed by atoms with E-state index in [0.717, 1.165) is 19.9 Å². The van der Waals surface area contributed by atoms with Crippen LogP contribution in [0.15, 0.2) is 0 Å². The van der Waals surface area contributed by atoms with Crippen molar-refractivity contribution in [3.05, 3.63) is 0 Å². The second-order valence-corrected chi connectivity index (χ2v) is 2.68. The second kappa shape index (κ2) is 27.1. The molecule has 0 radical (unpaired) electrons. The average molecular weight is 328 g/mol. The Morgan fingerprint density at radius 3 is 1.32 bits per heavy atom. The number of aliphatic hydroxyl groups is 2. The van der Waals surface area contributed by atoms with Crippen molar-refractivity contribution in [3.63, 3.8) is 0 Å². The molecule has 22 heavy (non-hydrogen) atoms. The number of nitrogens with one attached hydrogen (secondary N) is 1. The van der Waals surface area contributed by atoms with Crippen molar-refractivity contribution in [3.8, 4) is 6.07 Å². The topological polar surface area (TPSA) is 207 Å². The molecule has 0 unspecified atom stereocenters. The molecule has 12 heteroatoms. The standard InChI is InChI=1S/C4H11NO4.C2HNO2.2C2H4O2/c6-1-3-8-5-9-4-2-7;3-1-2(4)5;2*1-2(3)4/h5-7H,1-4H2;(H,4,5);2*1H3,(H,3,4). The third-order valence-corrected chi connectivity index (χ3v) is 0.600. The molecular weight excluding hydrogens is 308 g/mol. The monoisotopic (exact) mass is 328 g/mol. The molecule has 0 bridgehead atoms. The Bertz CT molecular complexity index is 289. The van der Waals surface area contributed by atoms with E-state index in [1.807, 2.05) is 0 Å². The fourth-order valence-corrected chi connectivity index (χ4v) is 0.216. The van der Waals surface area contributed by atoms with Gasteiger partial charge in [-0.2, -0.15) is 5.26 Å². The molecule has 0 amide bonds. The lowest BCUT2D eigenvalue weighted by Gasteiger charge is -2.01. The van der Waals surface area contributed by atoms with Crippen molar-refractivity contribution in [2.75, 3.05) is 26.4 Å². The zero-order valence-corrected chi connectivity index (χ0v) is 12.1. The van der Waals surface area contributed by atoms with Crippen LogP contribution in [0.5, 0.6) is 0 Å². The van der Waals surface area contributed by atoms with E-state index >= 15 is 0 Å². The summed E-state index contributed by atoms with van der Waals surface area (Å²) in [6.07, 6.45) is 0. The number of rotatable bonds is 6. The van der Waals surface area contributed by atoms with Gasteiger partial charge in [-0.1, -0.05) is 5.64 Å². The predicted molar refractivity (Wildman–Crippen MR) is 69.1 cm³/mol. The largest absolute Gasteiger partial charge is 0.481 e. The van der Waals surface area contributed by atoms with Crippen LogP contribution in [0.1, 0.15) is 13.8 Å². The molecule has 0 heterocycles. The first kappa shape index (κ1) is 27.9. The van der Waals surface area contributed by atoms with Gasteiger partial charge in [0.1, 0.15) is 0 Å². The molecule has 0 aliphatic rings. The van der Waals surface area contributed by atoms with Gasteiger partial charge in [-0.15, -0.1) is 0 Å². The van der Waals surface area contributed by atoms with E-state index in [1.165, 1.54) is 0 Å². The van der Waals surface area contributed by atoms with E-state index in [2.05, 4.69) is 15.3 Å². The quantitative estimate of drug-likeness (QED) is 0.138. The van der Waals surface area contributed by atoms with E-state index in [0.29, 0.717) is 0 Å². The minimum absolute atomic E-state index is 0.0600. The summed E-state index contributed by atoms with van der Waals surface area (Å²) in [5.74, 6) is -3.11. The van der Waals surface area contributed by atoms with Crippen molar-refractivity contribution < 1.29 is 49.6 Å². The smallest absolute Gasteiger partial charge is 0.408 e. The van der Waals surface area contributed by atoms with Gasteiger partial charge in [0.15, 0.2) is 6.07 Å². The van der Waals surface area contributed by atoms with Crippen molar-refractivity contribution in [2.24, 2.45) is 0 Å². The summed E-state index contributed by atoms with van der Waals surface area (Å²) in [5.41, 5.74) is 2.07. The zero-order valence-electron chi connectivity index (χ0n) is 12.1. The second-order valence-electron chi connectivity index (χ2n) is 2.68. The molecule has 0 atom stereocenters.